The Morgan fingerprint density at radius 2 is 1.87 bits per heavy atom. The summed E-state index contributed by atoms with van der Waals surface area (Å²) in [6, 6.07) is 4.13. The Bertz CT molecular complexity index is 1960. The molecule has 3 amide bonds. The van der Waals surface area contributed by atoms with Crippen molar-refractivity contribution in [3.05, 3.63) is 58.1 Å². The number of fused-ring (bicyclic) bond motifs is 1. The van der Waals surface area contributed by atoms with E-state index in [1.165, 1.54) is 22.7 Å². The normalized spacial score (nSPS) is 24.6. The van der Waals surface area contributed by atoms with E-state index in [2.05, 4.69) is 30.0 Å². The summed E-state index contributed by atoms with van der Waals surface area (Å²) in [5, 5.41) is 3.35. The van der Waals surface area contributed by atoms with Crippen LogP contribution >= 0.6 is 23.4 Å². The number of hydrogen-bond donors (Lipinski definition) is 3. The van der Waals surface area contributed by atoms with E-state index in [9.17, 15) is 14.4 Å². The van der Waals surface area contributed by atoms with Gasteiger partial charge in [0, 0.05) is 92.5 Å². The number of nitrogen functional groups attached to an aromatic ring is 1. The molecule has 1 aromatic carbocycles. The van der Waals surface area contributed by atoms with E-state index in [1.807, 2.05) is 13.0 Å². The molecule has 7 heterocycles. The van der Waals surface area contributed by atoms with Crippen LogP contribution in [0.1, 0.15) is 54.1 Å². The molecular formula is C36H42ClFN10O4S. The summed E-state index contributed by atoms with van der Waals surface area (Å²) >= 11 is 8.28. The number of nitrogens with one attached hydrogen (secondary N) is 1. The van der Waals surface area contributed by atoms with E-state index >= 15 is 4.39 Å². The first-order valence-corrected chi connectivity index (χ1v) is 19.2. The smallest absolute Gasteiger partial charge is 0.255 e. The molecule has 4 saturated heterocycles. The number of nitrogens with two attached hydrogens (primary N) is 2. The van der Waals surface area contributed by atoms with Gasteiger partial charge in [-0.2, -0.15) is 0 Å². The minimum Gasteiger partial charge on any atom is -0.381 e. The third kappa shape index (κ3) is 6.79. The summed E-state index contributed by atoms with van der Waals surface area (Å²) in [4.78, 5) is 59.7. The van der Waals surface area contributed by atoms with Crippen LogP contribution < -0.4 is 26.6 Å². The maximum absolute atomic E-state index is 15.3. The highest BCUT2D eigenvalue weighted by molar-refractivity contribution is 7.99. The molecule has 0 saturated carbocycles. The SMILES string of the molecule is C[C@@H]1OCC2(CCN(c3cnc(Sc4ccnc(N5CCN(Cc6cc7c(cc6F)C(=O)N(C6CCC(=O)NC6=O)C7)CC5)c4Cl)c(N)n3)CC2)[C@@H]1N. The molecule has 4 fully saturated rings. The van der Waals surface area contributed by atoms with Crippen molar-refractivity contribution >= 4 is 58.5 Å². The number of rotatable bonds is 7. The summed E-state index contributed by atoms with van der Waals surface area (Å²) in [5.41, 5.74) is 14.4. The zero-order valence-electron chi connectivity index (χ0n) is 29.4. The number of piperidine rings is 2. The van der Waals surface area contributed by atoms with Gasteiger partial charge in [0.05, 0.1) is 23.9 Å². The van der Waals surface area contributed by atoms with Crippen LogP contribution in [0.5, 0.6) is 0 Å². The number of hydrogen-bond acceptors (Lipinski definition) is 13. The standard InChI is InChI=1S/C36H42ClFN10O4S/c1-20-30(39)36(19-52-20)5-8-46(9-6-36)27-16-42-34(31(40)43-27)53-26-4-7-41-32(29(26)37)47-12-10-45(11-13-47)17-22-14-21-18-48(35(51)23(21)15-24(22)38)25-2-3-28(49)44-33(25)50/h4,7,14-16,20,25,30H,2-3,5-6,8-13,17-19,39H2,1H3,(H2,40,43)(H,44,49,50)/t20-,25?,30+/m0/s1. The number of piperazine rings is 1. The first-order valence-electron chi connectivity index (χ1n) is 18.0. The number of ether oxygens (including phenoxy) is 1. The molecule has 2 aromatic heterocycles. The molecule has 53 heavy (non-hydrogen) atoms. The van der Waals surface area contributed by atoms with Gasteiger partial charge in [-0.15, -0.1) is 0 Å². The summed E-state index contributed by atoms with van der Waals surface area (Å²) in [6.45, 7) is 7.46. The summed E-state index contributed by atoms with van der Waals surface area (Å²) in [6.07, 6.45) is 5.83. The lowest BCUT2D eigenvalue weighted by Crippen LogP contribution is -2.52. The number of anilines is 3. The third-order valence-corrected chi connectivity index (χ3v) is 13.0. The second-order valence-electron chi connectivity index (χ2n) is 14.6. The molecule has 0 bridgehead atoms. The van der Waals surface area contributed by atoms with Crippen LogP contribution in [0.4, 0.5) is 21.8 Å². The lowest BCUT2D eigenvalue weighted by molar-refractivity contribution is -0.136. The van der Waals surface area contributed by atoms with Gasteiger partial charge in [0.2, 0.25) is 11.8 Å². The van der Waals surface area contributed by atoms with Crippen LogP contribution in [0.25, 0.3) is 0 Å². The van der Waals surface area contributed by atoms with Crippen molar-refractivity contribution in [3.8, 4) is 0 Å². The second-order valence-corrected chi connectivity index (χ2v) is 16.0. The van der Waals surface area contributed by atoms with Gasteiger partial charge in [0.25, 0.3) is 5.91 Å². The molecule has 17 heteroatoms. The molecule has 5 N–H and O–H groups in total. The molecule has 1 unspecified atom stereocenters. The average molecular weight is 765 g/mol. The monoisotopic (exact) mass is 764 g/mol. The van der Waals surface area contributed by atoms with E-state index in [0.29, 0.717) is 72.1 Å². The van der Waals surface area contributed by atoms with Crippen LogP contribution in [0, 0.1) is 11.2 Å². The number of carbonyl (C=O) groups excluding carboxylic acids is 3. The molecule has 3 atom stereocenters. The van der Waals surface area contributed by atoms with Gasteiger partial charge in [-0.05, 0) is 49.9 Å². The van der Waals surface area contributed by atoms with Crippen LogP contribution in [0.15, 0.2) is 40.5 Å². The fourth-order valence-electron chi connectivity index (χ4n) is 8.21. The number of benzene rings is 1. The summed E-state index contributed by atoms with van der Waals surface area (Å²) in [7, 11) is 0. The lowest BCUT2D eigenvalue weighted by Gasteiger charge is -2.41. The number of halogens is 2. The van der Waals surface area contributed by atoms with E-state index in [-0.39, 0.29) is 48.4 Å². The average Bonchev–Trinajstić information content (AvgIpc) is 3.60. The van der Waals surface area contributed by atoms with Crippen molar-refractivity contribution < 1.29 is 23.5 Å². The highest BCUT2D eigenvalue weighted by atomic mass is 35.5. The van der Waals surface area contributed by atoms with Crippen molar-refractivity contribution in [3.63, 3.8) is 0 Å². The molecular weight excluding hydrogens is 723 g/mol. The number of aromatic nitrogens is 3. The molecule has 0 aliphatic carbocycles. The fourth-order valence-corrected chi connectivity index (χ4v) is 9.33. The Balaban J connectivity index is 0.874. The Kier molecular flexibility index (Phi) is 9.68. The van der Waals surface area contributed by atoms with Crippen molar-refractivity contribution in [1.82, 2.24) is 30.1 Å². The van der Waals surface area contributed by atoms with E-state index in [0.717, 1.165) is 36.6 Å². The van der Waals surface area contributed by atoms with Gasteiger partial charge in [-0.1, -0.05) is 23.4 Å². The maximum atomic E-state index is 15.3. The largest absolute Gasteiger partial charge is 0.381 e. The molecule has 5 aliphatic rings. The first kappa shape index (κ1) is 35.9. The number of imide groups is 1. The maximum Gasteiger partial charge on any atom is 0.255 e. The summed E-state index contributed by atoms with van der Waals surface area (Å²) in [5.74, 6) is 0.0302. The van der Waals surface area contributed by atoms with Gasteiger partial charge in [0.15, 0.2) is 5.82 Å². The fraction of sp³-hybridized carbons (Fsp3) is 0.500. The molecule has 280 valence electrons. The first-order chi connectivity index (χ1) is 25.5. The van der Waals surface area contributed by atoms with Crippen molar-refractivity contribution in [2.75, 3.05) is 61.4 Å². The Morgan fingerprint density at radius 1 is 1.09 bits per heavy atom. The summed E-state index contributed by atoms with van der Waals surface area (Å²) < 4.78 is 21.2. The van der Waals surface area contributed by atoms with Crippen molar-refractivity contribution in [2.45, 2.75) is 73.8 Å². The minimum atomic E-state index is -0.745. The number of pyridine rings is 1. The third-order valence-electron chi connectivity index (χ3n) is 11.5. The molecule has 1 spiro atoms. The van der Waals surface area contributed by atoms with Crippen LogP contribution in [0.2, 0.25) is 5.02 Å². The minimum absolute atomic E-state index is 0.0149. The Hall–Kier alpha value is -4.09. The highest BCUT2D eigenvalue weighted by Gasteiger charge is 2.47. The van der Waals surface area contributed by atoms with Crippen LogP contribution in [-0.2, 0) is 27.4 Å². The van der Waals surface area contributed by atoms with Crippen LogP contribution in [-0.4, -0.2) is 107 Å². The topological polar surface area (TPSA) is 176 Å². The van der Waals surface area contributed by atoms with E-state index in [1.54, 1.807) is 18.5 Å². The van der Waals surface area contributed by atoms with Gasteiger partial charge >= 0.3 is 0 Å². The predicted molar refractivity (Wildman–Crippen MR) is 197 cm³/mol. The number of amides is 3. The lowest BCUT2D eigenvalue weighted by atomic mass is 9.73. The van der Waals surface area contributed by atoms with Gasteiger partial charge in [-0.25, -0.2) is 19.3 Å². The zero-order chi connectivity index (χ0) is 37.0. The van der Waals surface area contributed by atoms with Gasteiger partial charge < -0.3 is 30.9 Å². The van der Waals surface area contributed by atoms with Gasteiger partial charge in [-0.3, -0.25) is 24.6 Å². The van der Waals surface area contributed by atoms with Gasteiger partial charge in [0.1, 0.15) is 28.5 Å². The zero-order valence-corrected chi connectivity index (χ0v) is 31.0. The predicted octanol–water partition coefficient (Wildman–Crippen LogP) is 2.81. The molecule has 14 nitrogen and oxygen atoms in total. The highest BCUT2D eigenvalue weighted by Crippen LogP contribution is 2.43. The quantitative estimate of drug-likeness (QED) is 0.300. The molecule has 3 aromatic rings. The van der Waals surface area contributed by atoms with E-state index < -0.39 is 23.7 Å². The molecule has 8 rings (SSSR count). The molecule has 5 aliphatic heterocycles. The Labute approximate surface area is 315 Å². The van der Waals surface area contributed by atoms with Crippen molar-refractivity contribution in [2.24, 2.45) is 11.1 Å². The molecule has 0 radical (unpaired) electrons. The van der Waals surface area contributed by atoms with E-state index in [4.69, 9.17) is 32.8 Å². The second kappa shape index (κ2) is 14.3. The number of carbonyl (C=O) groups is 3. The Morgan fingerprint density at radius 3 is 2.57 bits per heavy atom. The number of nitrogens with zero attached hydrogens (tertiary/aromatic N) is 7. The van der Waals surface area contributed by atoms with Crippen molar-refractivity contribution in [1.29, 1.82) is 0 Å². The van der Waals surface area contributed by atoms with Crippen LogP contribution in [0.3, 0.4) is 0 Å².